The molecule has 0 aliphatic rings. The van der Waals surface area contributed by atoms with E-state index in [1.54, 1.807) is 0 Å². The van der Waals surface area contributed by atoms with Gasteiger partial charge in [-0.2, -0.15) is 0 Å². The highest BCUT2D eigenvalue weighted by atomic mass is 16.3. The maximum atomic E-state index is 6.92. The Morgan fingerprint density at radius 2 is 0.627 bits per heavy atom. The van der Waals surface area contributed by atoms with E-state index >= 15 is 0 Å². The van der Waals surface area contributed by atoms with Gasteiger partial charge in [0, 0.05) is 54.6 Å². The van der Waals surface area contributed by atoms with Gasteiger partial charge in [0.15, 0.2) is 0 Å². The number of aromatic nitrogens is 2. The molecule has 350 valence electrons. The van der Waals surface area contributed by atoms with E-state index in [1.807, 2.05) is 0 Å². The summed E-state index contributed by atoms with van der Waals surface area (Å²) in [6, 6.07) is 102. The minimum atomic E-state index is 0.869. The molecule has 0 fully saturated rings. The third kappa shape index (κ3) is 6.83. The summed E-state index contributed by atoms with van der Waals surface area (Å²) >= 11 is 0. The van der Waals surface area contributed by atoms with Gasteiger partial charge >= 0.3 is 0 Å². The molecule has 0 aliphatic heterocycles. The summed E-state index contributed by atoms with van der Waals surface area (Å²) in [6.45, 7) is 0. The highest BCUT2D eigenvalue weighted by Gasteiger charge is 2.26. The van der Waals surface area contributed by atoms with Gasteiger partial charge in [-0.05, 0) is 93.0 Å². The van der Waals surface area contributed by atoms with Crippen LogP contribution in [0.2, 0.25) is 0 Å². The molecule has 15 rings (SSSR count). The number of benzene rings is 12. The van der Waals surface area contributed by atoms with E-state index in [2.05, 4.69) is 288 Å². The quantitative estimate of drug-likeness (QED) is 0.149. The van der Waals surface area contributed by atoms with Crippen molar-refractivity contribution >= 4 is 65.6 Å². The van der Waals surface area contributed by atoms with Crippen molar-refractivity contribution in [2.75, 3.05) is 0 Å². The van der Waals surface area contributed by atoms with E-state index in [1.165, 1.54) is 66.0 Å². The first-order valence-corrected chi connectivity index (χ1v) is 25.7. The molecule has 75 heavy (non-hydrogen) atoms. The largest absolute Gasteiger partial charge is 0.455 e. The molecule has 0 saturated carbocycles. The van der Waals surface area contributed by atoms with E-state index in [0.29, 0.717) is 0 Å². The standard InChI is InChI=1S/C72H46N2O/c1-3-21-47(22-4-1)51-25-7-9-27-53(51)49-41-43-68-63(45-49)64-46-50(54-28-10-8-26-52(54)48-23-5-2-6-24-48)42-44-69(64)74(68)71-59(33-19-34-60(71)62-36-20-35-61-58-32-14-18-40-70(58)75-72(61)62)57-31-13-17-39-67(57)73-65-37-15-11-29-55(65)56-30-12-16-38-66(56)73/h1-46H. The van der Waals surface area contributed by atoms with Crippen LogP contribution >= 0.6 is 0 Å². The summed E-state index contributed by atoms with van der Waals surface area (Å²) in [5, 5.41) is 6.99. The minimum Gasteiger partial charge on any atom is -0.455 e. The predicted molar refractivity (Wildman–Crippen MR) is 315 cm³/mol. The van der Waals surface area contributed by atoms with Crippen LogP contribution in [0.1, 0.15) is 0 Å². The Hall–Kier alpha value is -9.96. The molecule has 0 saturated heterocycles. The fraction of sp³-hybridized carbons (Fsp3) is 0. The molecule has 0 radical (unpaired) electrons. The number of fused-ring (bicyclic) bond motifs is 9. The summed E-state index contributed by atoms with van der Waals surface area (Å²) in [6.07, 6.45) is 0. The van der Waals surface area contributed by atoms with Gasteiger partial charge in [0.25, 0.3) is 0 Å². The van der Waals surface area contributed by atoms with Gasteiger partial charge in [0.2, 0.25) is 0 Å². The van der Waals surface area contributed by atoms with Crippen LogP contribution in [-0.4, -0.2) is 9.13 Å². The average molecular weight is 955 g/mol. The monoisotopic (exact) mass is 954 g/mol. The van der Waals surface area contributed by atoms with Crippen LogP contribution in [0.5, 0.6) is 0 Å². The van der Waals surface area contributed by atoms with Gasteiger partial charge in [-0.15, -0.1) is 0 Å². The average Bonchev–Trinajstić information content (AvgIpc) is 4.20. The molecule has 3 aromatic heterocycles. The maximum Gasteiger partial charge on any atom is 0.143 e. The van der Waals surface area contributed by atoms with Crippen LogP contribution < -0.4 is 0 Å². The highest BCUT2D eigenvalue weighted by molar-refractivity contribution is 6.16. The fourth-order valence-corrected chi connectivity index (χ4v) is 12.1. The third-order valence-electron chi connectivity index (χ3n) is 15.4. The fourth-order valence-electron chi connectivity index (χ4n) is 12.1. The van der Waals surface area contributed by atoms with Gasteiger partial charge in [0.05, 0.1) is 33.4 Å². The molecule has 3 nitrogen and oxygen atoms in total. The molecule has 0 aliphatic carbocycles. The van der Waals surface area contributed by atoms with Gasteiger partial charge in [0.1, 0.15) is 11.2 Å². The lowest BCUT2D eigenvalue weighted by Gasteiger charge is -2.22. The van der Waals surface area contributed by atoms with Gasteiger partial charge < -0.3 is 13.6 Å². The zero-order valence-electron chi connectivity index (χ0n) is 40.9. The normalized spacial score (nSPS) is 11.7. The van der Waals surface area contributed by atoms with E-state index in [-0.39, 0.29) is 0 Å². The van der Waals surface area contributed by atoms with Crippen molar-refractivity contribution in [3.8, 4) is 78.1 Å². The maximum absolute atomic E-state index is 6.92. The number of hydrogen-bond donors (Lipinski definition) is 0. The van der Waals surface area contributed by atoms with E-state index in [4.69, 9.17) is 4.42 Å². The highest BCUT2D eigenvalue weighted by Crippen LogP contribution is 2.48. The van der Waals surface area contributed by atoms with Crippen LogP contribution in [0.15, 0.2) is 283 Å². The van der Waals surface area contributed by atoms with Crippen LogP contribution in [0.3, 0.4) is 0 Å². The zero-order valence-corrected chi connectivity index (χ0v) is 40.9. The first-order valence-electron chi connectivity index (χ1n) is 25.7. The summed E-state index contributed by atoms with van der Waals surface area (Å²) in [4.78, 5) is 0. The summed E-state index contributed by atoms with van der Waals surface area (Å²) in [7, 11) is 0. The second kappa shape index (κ2) is 17.4. The Labute approximate surface area is 434 Å². The Morgan fingerprint density at radius 3 is 1.21 bits per heavy atom. The summed E-state index contributed by atoms with van der Waals surface area (Å²) in [5.41, 5.74) is 22.3. The molecule has 15 aromatic rings. The second-order valence-corrected chi connectivity index (χ2v) is 19.5. The molecule has 0 spiro atoms. The number of nitrogens with zero attached hydrogens (tertiary/aromatic N) is 2. The van der Waals surface area contributed by atoms with Crippen molar-refractivity contribution in [1.82, 2.24) is 9.13 Å². The predicted octanol–water partition coefficient (Wildman–Crippen LogP) is 19.8. The van der Waals surface area contributed by atoms with Crippen molar-refractivity contribution in [3.05, 3.63) is 279 Å². The number of rotatable bonds is 8. The summed E-state index contributed by atoms with van der Waals surface area (Å²) < 4.78 is 11.9. The second-order valence-electron chi connectivity index (χ2n) is 19.5. The first kappa shape index (κ1) is 42.7. The zero-order chi connectivity index (χ0) is 49.4. The lowest BCUT2D eigenvalue weighted by molar-refractivity contribution is 0.670. The molecular formula is C72H46N2O. The molecule has 12 aromatic carbocycles. The molecule has 0 unspecified atom stereocenters. The van der Waals surface area contributed by atoms with Crippen molar-refractivity contribution in [3.63, 3.8) is 0 Å². The van der Waals surface area contributed by atoms with Crippen LogP contribution in [-0.2, 0) is 0 Å². The van der Waals surface area contributed by atoms with Gasteiger partial charge in [-0.25, -0.2) is 0 Å². The third-order valence-corrected chi connectivity index (χ3v) is 15.4. The number of para-hydroxylation sites is 6. The molecule has 3 heteroatoms. The molecule has 0 bridgehead atoms. The van der Waals surface area contributed by atoms with Crippen molar-refractivity contribution in [2.45, 2.75) is 0 Å². The van der Waals surface area contributed by atoms with Crippen molar-refractivity contribution < 1.29 is 4.42 Å². The number of furan rings is 1. The smallest absolute Gasteiger partial charge is 0.143 e. The van der Waals surface area contributed by atoms with Gasteiger partial charge in [-0.3, -0.25) is 0 Å². The lowest BCUT2D eigenvalue weighted by Crippen LogP contribution is -2.03. The molecular weight excluding hydrogens is 909 g/mol. The summed E-state index contributed by atoms with van der Waals surface area (Å²) in [5.74, 6) is 0. The molecule has 0 atom stereocenters. The van der Waals surface area contributed by atoms with E-state index in [9.17, 15) is 0 Å². The van der Waals surface area contributed by atoms with E-state index in [0.717, 1.165) is 77.7 Å². The Kier molecular flexibility index (Phi) is 9.89. The molecule has 3 heterocycles. The topological polar surface area (TPSA) is 23.0 Å². The van der Waals surface area contributed by atoms with Gasteiger partial charge in [-0.1, -0.05) is 231 Å². The van der Waals surface area contributed by atoms with Crippen LogP contribution in [0.25, 0.3) is 144 Å². The Balaban J connectivity index is 1.06. The SMILES string of the molecule is c1ccc(-c2ccccc2-c2ccc3c(c2)c2cc(-c4ccccc4-c4ccccc4)ccc2n3-c2c(-c3ccccc3-n3c4ccccc4c4ccccc43)cccc2-c2cccc3c2oc2ccccc23)cc1. The minimum absolute atomic E-state index is 0.869. The Bertz CT molecular complexity index is 4510. The Morgan fingerprint density at radius 1 is 0.227 bits per heavy atom. The number of hydrogen-bond acceptors (Lipinski definition) is 1. The van der Waals surface area contributed by atoms with E-state index < -0.39 is 0 Å². The molecule has 0 amide bonds. The molecule has 0 N–H and O–H groups in total. The van der Waals surface area contributed by atoms with Crippen molar-refractivity contribution in [1.29, 1.82) is 0 Å². The lowest BCUT2D eigenvalue weighted by atomic mass is 9.92. The van der Waals surface area contributed by atoms with Crippen LogP contribution in [0.4, 0.5) is 0 Å². The van der Waals surface area contributed by atoms with Crippen LogP contribution in [0, 0.1) is 0 Å². The first-order chi connectivity index (χ1) is 37.2. The van der Waals surface area contributed by atoms with Crippen molar-refractivity contribution in [2.24, 2.45) is 0 Å².